The fraction of sp³-hybridized carbons (Fsp3) is 0.400. The van der Waals surface area contributed by atoms with Gasteiger partial charge < -0.3 is 4.98 Å². The first kappa shape index (κ1) is 13.4. The smallest absolute Gasteiger partial charge is 0.183 e. The molecule has 1 aliphatic rings. The summed E-state index contributed by atoms with van der Waals surface area (Å²) in [4.78, 5) is 15.9. The molecule has 0 bridgehead atoms. The number of carbonyl (C=O) groups excluding carboxylic acids is 1. The summed E-state index contributed by atoms with van der Waals surface area (Å²) in [6, 6.07) is 7.52. The van der Waals surface area contributed by atoms with E-state index < -0.39 is 15.1 Å². The molecule has 1 aliphatic heterocycles. The van der Waals surface area contributed by atoms with Crippen LogP contribution in [0.1, 0.15) is 35.3 Å². The monoisotopic (exact) mass is 291 g/mol. The minimum absolute atomic E-state index is 0.130. The molecule has 106 valence electrons. The topological polar surface area (TPSA) is 67.0 Å². The summed E-state index contributed by atoms with van der Waals surface area (Å²) >= 11 is 0. The summed E-state index contributed by atoms with van der Waals surface area (Å²) in [6.07, 6.45) is 1.91. The van der Waals surface area contributed by atoms with Crippen LogP contribution < -0.4 is 0 Å². The van der Waals surface area contributed by atoms with E-state index in [1.807, 2.05) is 31.2 Å². The van der Waals surface area contributed by atoms with Gasteiger partial charge in [0.05, 0.1) is 5.75 Å². The maximum Gasteiger partial charge on any atom is 0.183 e. The SMILES string of the molecule is Cc1[nH]c2ccccc2c1C(=O)C1CCCCS1(=O)=O. The lowest BCUT2D eigenvalue weighted by Crippen LogP contribution is -2.35. The average Bonchev–Trinajstić information content (AvgIpc) is 2.73. The van der Waals surface area contributed by atoms with E-state index in [1.54, 1.807) is 0 Å². The summed E-state index contributed by atoms with van der Waals surface area (Å²) in [5.41, 5.74) is 2.16. The molecule has 0 aliphatic carbocycles. The Kier molecular flexibility index (Phi) is 3.17. The second-order valence-corrected chi connectivity index (χ2v) is 7.69. The molecule has 3 rings (SSSR count). The van der Waals surface area contributed by atoms with Crippen LogP contribution in [-0.2, 0) is 9.84 Å². The van der Waals surface area contributed by atoms with E-state index >= 15 is 0 Å². The normalized spacial score (nSPS) is 21.9. The zero-order valence-electron chi connectivity index (χ0n) is 11.3. The summed E-state index contributed by atoms with van der Waals surface area (Å²) < 4.78 is 24.3. The number of aryl methyl sites for hydroxylation is 1. The minimum Gasteiger partial charge on any atom is -0.358 e. The van der Waals surface area contributed by atoms with Crippen LogP contribution in [-0.4, -0.2) is 30.2 Å². The molecule has 1 aromatic carbocycles. The third-order valence-electron chi connectivity index (χ3n) is 4.01. The van der Waals surface area contributed by atoms with Crippen LogP contribution in [0.3, 0.4) is 0 Å². The molecule has 0 saturated carbocycles. The maximum absolute atomic E-state index is 12.7. The first-order valence-electron chi connectivity index (χ1n) is 6.84. The quantitative estimate of drug-likeness (QED) is 0.865. The molecule has 0 spiro atoms. The van der Waals surface area contributed by atoms with E-state index in [9.17, 15) is 13.2 Å². The van der Waals surface area contributed by atoms with E-state index in [4.69, 9.17) is 0 Å². The number of sulfone groups is 1. The number of benzene rings is 1. The van der Waals surface area contributed by atoms with Gasteiger partial charge in [0.15, 0.2) is 15.6 Å². The van der Waals surface area contributed by atoms with Crippen LogP contribution in [0.15, 0.2) is 24.3 Å². The highest BCUT2D eigenvalue weighted by atomic mass is 32.2. The summed E-state index contributed by atoms with van der Waals surface area (Å²) in [6.45, 7) is 1.82. The van der Waals surface area contributed by atoms with Crippen LogP contribution in [0.5, 0.6) is 0 Å². The molecular formula is C15H17NO3S. The predicted molar refractivity (Wildman–Crippen MR) is 78.8 cm³/mol. The molecule has 0 amide bonds. The third-order valence-corrected chi connectivity index (χ3v) is 6.19. The van der Waals surface area contributed by atoms with Crippen molar-refractivity contribution in [1.29, 1.82) is 0 Å². The molecule has 1 saturated heterocycles. The van der Waals surface area contributed by atoms with Crippen molar-refractivity contribution < 1.29 is 13.2 Å². The van der Waals surface area contributed by atoms with Gasteiger partial charge in [-0.25, -0.2) is 8.42 Å². The Balaban J connectivity index is 2.11. The van der Waals surface area contributed by atoms with Gasteiger partial charge in [0.25, 0.3) is 0 Å². The number of ketones is 1. The molecule has 1 fully saturated rings. The van der Waals surface area contributed by atoms with Crippen molar-refractivity contribution >= 4 is 26.5 Å². The Hall–Kier alpha value is -1.62. The molecule has 0 radical (unpaired) electrons. The van der Waals surface area contributed by atoms with E-state index in [1.165, 1.54) is 0 Å². The number of rotatable bonds is 2. The fourth-order valence-electron chi connectivity index (χ4n) is 3.00. The lowest BCUT2D eigenvalue weighted by atomic mass is 10.0. The van der Waals surface area contributed by atoms with E-state index in [0.717, 1.165) is 23.0 Å². The number of aromatic amines is 1. The molecule has 20 heavy (non-hydrogen) atoms. The Morgan fingerprint density at radius 1 is 1.25 bits per heavy atom. The number of aromatic nitrogens is 1. The van der Waals surface area contributed by atoms with Crippen LogP contribution >= 0.6 is 0 Å². The van der Waals surface area contributed by atoms with E-state index in [0.29, 0.717) is 18.4 Å². The van der Waals surface area contributed by atoms with Gasteiger partial charge in [0.1, 0.15) is 5.25 Å². The number of Topliss-reactive ketones (excluding diaryl/α,β-unsaturated/α-hetero) is 1. The zero-order chi connectivity index (χ0) is 14.3. The van der Waals surface area contributed by atoms with Gasteiger partial charge in [-0.2, -0.15) is 0 Å². The average molecular weight is 291 g/mol. The van der Waals surface area contributed by atoms with Crippen molar-refractivity contribution in [3.63, 3.8) is 0 Å². The molecule has 2 aromatic rings. The fourth-order valence-corrected chi connectivity index (χ4v) is 4.86. The number of para-hydroxylation sites is 1. The Morgan fingerprint density at radius 3 is 2.75 bits per heavy atom. The maximum atomic E-state index is 12.7. The number of hydrogen-bond acceptors (Lipinski definition) is 3. The predicted octanol–water partition coefficient (Wildman–Crippen LogP) is 2.63. The molecule has 2 heterocycles. The number of fused-ring (bicyclic) bond motifs is 1. The number of H-pyrrole nitrogens is 1. The van der Waals surface area contributed by atoms with Crippen LogP contribution in [0.2, 0.25) is 0 Å². The van der Waals surface area contributed by atoms with E-state index in [-0.39, 0.29) is 11.5 Å². The summed E-state index contributed by atoms with van der Waals surface area (Å²) in [5.74, 6) is -0.121. The second kappa shape index (κ2) is 4.74. The van der Waals surface area contributed by atoms with Gasteiger partial charge in [-0.1, -0.05) is 24.6 Å². The molecule has 1 aromatic heterocycles. The zero-order valence-corrected chi connectivity index (χ0v) is 12.2. The molecule has 1 atom stereocenters. The Morgan fingerprint density at radius 2 is 2.00 bits per heavy atom. The lowest BCUT2D eigenvalue weighted by Gasteiger charge is -2.21. The first-order valence-corrected chi connectivity index (χ1v) is 8.55. The molecule has 5 heteroatoms. The highest BCUT2D eigenvalue weighted by Gasteiger charge is 2.36. The van der Waals surface area contributed by atoms with Crippen molar-refractivity contribution in [2.75, 3.05) is 5.75 Å². The Labute approximate surface area is 118 Å². The molecule has 1 unspecified atom stereocenters. The highest BCUT2D eigenvalue weighted by Crippen LogP contribution is 2.28. The first-order chi connectivity index (χ1) is 9.50. The van der Waals surface area contributed by atoms with Crippen LogP contribution in [0.4, 0.5) is 0 Å². The van der Waals surface area contributed by atoms with Gasteiger partial charge in [0, 0.05) is 22.2 Å². The third kappa shape index (κ3) is 2.06. The number of hydrogen-bond donors (Lipinski definition) is 1. The van der Waals surface area contributed by atoms with Gasteiger partial charge >= 0.3 is 0 Å². The lowest BCUT2D eigenvalue weighted by molar-refractivity contribution is 0.0982. The van der Waals surface area contributed by atoms with Crippen molar-refractivity contribution in [3.05, 3.63) is 35.5 Å². The van der Waals surface area contributed by atoms with E-state index in [2.05, 4.69) is 4.98 Å². The van der Waals surface area contributed by atoms with Gasteiger partial charge in [-0.15, -0.1) is 0 Å². The van der Waals surface area contributed by atoms with Gasteiger partial charge in [-0.3, -0.25) is 4.79 Å². The highest BCUT2D eigenvalue weighted by molar-refractivity contribution is 7.92. The van der Waals surface area contributed by atoms with Crippen LogP contribution in [0.25, 0.3) is 10.9 Å². The summed E-state index contributed by atoms with van der Waals surface area (Å²) in [7, 11) is -3.30. The minimum atomic E-state index is -3.30. The Bertz CT molecular complexity index is 774. The number of nitrogens with one attached hydrogen (secondary N) is 1. The van der Waals surface area contributed by atoms with Crippen molar-refractivity contribution in [2.24, 2.45) is 0 Å². The van der Waals surface area contributed by atoms with Crippen LogP contribution in [0, 0.1) is 6.92 Å². The molecular weight excluding hydrogens is 274 g/mol. The van der Waals surface area contributed by atoms with Crippen molar-refractivity contribution in [3.8, 4) is 0 Å². The number of carbonyl (C=O) groups is 1. The largest absolute Gasteiger partial charge is 0.358 e. The second-order valence-electron chi connectivity index (χ2n) is 5.39. The van der Waals surface area contributed by atoms with Crippen molar-refractivity contribution in [1.82, 2.24) is 4.98 Å². The molecule has 1 N–H and O–H groups in total. The molecule has 4 nitrogen and oxygen atoms in total. The summed E-state index contributed by atoms with van der Waals surface area (Å²) in [5, 5.41) is -0.0510. The van der Waals surface area contributed by atoms with Crippen molar-refractivity contribution in [2.45, 2.75) is 31.4 Å². The van der Waals surface area contributed by atoms with Gasteiger partial charge in [0.2, 0.25) is 0 Å². The standard InChI is InChI=1S/C15H17NO3S/c1-10-14(11-6-2-3-7-12(11)16-10)15(17)13-8-4-5-9-20(13,18)19/h2-3,6-7,13,16H,4-5,8-9H2,1H3. The van der Waals surface area contributed by atoms with Gasteiger partial charge in [-0.05, 0) is 25.8 Å².